The van der Waals surface area contributed by atoms with Crippen molar-refractivity contribution in [2.24, 2.45) is 0 Å². The fraction of sp³-hybridized carbons (Fsp3) is 0.211. The van der Waals surface area contributed by atoms with E-state index in [0.29, 0.717) is 6.54 Å². The van der Waals surface area contributed by atoms with Crippen molar-refractivity contribution >= 4 is 40.5 Å². The number of anilines is 2. The van der Waals surface area contributed by atoms with Crippen LogP contribution in [0.5, 0.6) is 0 Å². The molecule has 0 saturated heterocycles. The standard InChI is InChI=1S/C19H18N4O2S/c1-13(24)22-9-7-14-10-15(5-6-17(14)22)21-18(25)12-26-19-20-11-16-4-2-3-8-23(16)19/h2-6,8,10-11H,7,9,12H2,1H3,(H,21,25). The van der Waals surface area contributed by atoms with Gasteiger partial charge in [-0.05, 0) is 42.3 Å². The Morgan fingerprint density at radius 2 is 2.15 bits per heavy atom. The first-order valence-electron chi connectivity index (χ1n) is 8.37. The minimum Gasteiger partial charge on any atom is -0.325 e. The molecule has 26 heavy (non-hydrogen) atoms. The van der Waals surface area contributed by atoms with Crippen LogP contribution in [0.15, 0.2) is 53.9 Å². The number of carbonyl (C=O) groups is 2. The molecule has 4 rings (SSSR count). The molecule has 0 radical (unpaired) electrons. The number of aromatic nitrogens is 2. The summed E-state index contributed by atoms with van der Waals surface area (Å²) in [4.78, 5) is 30.0. The van der Waals surface area contributed by atoms with Gasteiger partial charge in [0.1, 0.15) is 0 Å². The number of nitrogens with one attached hydrogen (secondary N) is 1. The molecule has 1 aliphatic heterocycles. The smallest absolute Gasteiger partial charge is 0.234 e. The van der Waals surface area contributed by atoms with E-state index in [-0.39, 0.29) is 17.6 Å². The van der Waals surface area contributed by atoms with Gasteiger partial charge in [-0.3, -0.25) is 14.0 Å². The molecule has 1 aliphatic rings. The SMILES string of the molecule is CC(=O)N1CCc2cc(NC(=O)CSc3ncc4ccccn34)ccc21. The zero-order chi connectivity index (χ0) is 18.1. The average molecular weight is 366 g/mol. The van der Waals surface area contributed by atoms with Gasteiger partial charge in [-0.2, -0.15) is 0 Å². The van der Waals surface area contributed by atoms with Crippen LogP contribution in [0.1, 0.15) is 12.5 Å². The molecule has 1 N–H and O–H groups in total. The first kappa shape index (κ1) is 16.7. The molecule has 1 aromatic carbocycles. The molecule has 2 amide bonds. The van der Waals surface area contributed by atoms with Crippen LogP contribution in [-0.4, -0.2) is 33.5 Å². The molecule has 3 aromatic rings. The predicted octanol–water partition coefficient (Wildman–Crippen LogP) is 2.97. The Bertz CT molecular complexity index is 998. The number of pyridine rings is 1. The first-order valence-corrected chi connectivity index (χ1v) is 9.36. The zero-order valence-electron chi connectivity index (χ0n) is 14.3. The maximum absolute atomic E-state index is 12.3. The number of carbonyl (C=O) groups excluding carboxylic acids is 2. The number of amides is 2. The quantitative estimate of drug-likeness (QED) is 0.721. The highest BCUT2D eigenvalue weighted by Gasteiger charge is 2.22. The molecule has 0 aliphatic carbocycles. The number of hydrogen-bond acceptors (Lipinski definition) is 4. The summed E-state index contributed by atoms with van der Waals surface area (Å²) in [6, 6.07) is 11.6. The molecular formula is C19H18N4O2S. The van der Waals surface area contributed by atoms with Crippen LogP contribution < -0.4 is 10.2 Å². The summed E-state index contributed by atoms with van der Waals surface area (Å²) in [7, 11) is 0. The number of rotatable bonds is 4. The van der Waals surface area contributed by atoms with Gasteiger partial charge in [-0.1, -0.05) is 17.8 Å². The fourth-order valence-corrected chi connectivity index (χ4v) is 3.92. The second-order valence-electron chi connectivity index (χ2n) is 6.14. The lowest BCUT2D eigenvalue weighted by atomic mass is 10.1. The summed E-state index contributed by atoms with van der Waals surface area (Å²) < 4.78 is 1.96. The van der Waals surface area contributed by atoms with Crippen molar-refractivity contribution in [1.29, 1.82) is 0 Å². The fourth-order valence-electron chi connectivity index (χ4n) is 3.16. The number of thioether (sulfide) groups is 1. The summed E-state index contributed by atoms with van der Waals surface area (Å²) in [6.45, 7) is 2.27. The molecule has 0 unspecified atom stereocenters. The van der Waals surface area contributed by atoms with Crippen LogP contribution in [-0.2, 0) is 16.0 Å². The highest BCUT2D eigenvalue weighted by molar-refractivity contribution is 7.99. The van der Waals surface area contributed by atoms with Gasteiger partial charge in [-0.15, -0.1) is 0 Å². The minimum absolute atomic E-state index is 0.0452. The Kier molecular flexibility index (Phi) is 4.38. The Morgan fingerprint density at radius 1 is 1.27 bits per heavy atom. The van der Waals surface area contributed by atoms with E-state index in [9.17, 15) is 9.59 Å². The van der Waals surface area contributed by atoms with Gasteiger partial charge in [0.25, 0.3) is 0 Å². The summed E-state index contributed by atoms with van der Waals surface area (Å²) in [5.41, 5.74) is 3.79. The molecule has 3 heterocycles. The van der Waals surface area contributed by atoms with Crippen LogP contribution in [0.4, 0.5) is 11.4 Å². The average Bonchev–Trinajstić information content (AvgIpc) is 3.23. The largest absolute Gasteiger partial charge is 0.325 e. The Hall–Kier alpha value is -2.80. The lowest BCUT2D eigenvalue weighted by Crippen LogP contribution is -2.25. The number of nitrogens with zero attached hydrogens (tertiary/aromatic N) is 3. The number of fused-ring (bicyclic) bond motifs is 2. The molecule has 0 fully saturated rings. The monoisotopic (exact) mass is 366 g/mol. The highest BCUT2D eigenvalue weighted by Crippen LogP contribution is 2.30. The van der Waals surface area contributed by atoms with E-state index in [1.54, 1.807) is 18.0 Å². The van der Waals surface area contributed by atoms with Crippen LogP contribution in [0, 0.1) is 0 Å². The summed E-state index contributed by atoms with van der Waals surface area (Å²) in [6.07, 6.45) is 4.54. The molecule has 132 valence electrons. The second kappa shape index (κ2) is 6.84. The van der Waals surface area contributed by atoms with Crippen molar-refractivity contribution in [3.05, 3.63) is 54.4 Å². The lowest BCUT2D eigenvalue weighted by molar-refractivity contribution is -0.116. The van der Waals surface area contributed by atoms with Gasteiger partial charge in [0.15, 0.2) is 5.16 Å². The van der Waals surface area contributed by atoms with E-state index in [4.69, 9.17) is 0 Å². The van der Waals surface area contributed by atoms with Gasteiger partial charge >= 0.3 is 0 Å². The molecule has 0 bridgehead atoms. The number of hydrogen-bond donors (Lipinski definition) is 1. The third-order valence-corrected chi connectivity index (χ3v) is 5.34. The Balaban J connectivity index is 1.40. The van der Waals surface area contributed by atoms with Gasteiger partial charge < -0.3 is 10.2 Å². The van der Waals surface area contributed by atoms with Crippen molar-refractivity contribution < 1.29 is 9.59 Å². The maximum Gasteiger partial charge on any atom is 0.234 e. The Morgan fingerprint density at radius 3 is 3.00 bits per heavy atom. The molecule has 0 atom stereocenters. The van der Waals surface area contributed by atoms with Crippen LogP contribution in [0.25, 0.3) is 5.52 Å². The lowest BCUT2D eigenvalue weighted by Gasteiger charge is -2.15. The molecule has 7 heteroatoms. The van der Waals surface area contributed by atoms with Crippen LogP contribution in [0.3, 0.4) is 0 Å². The molecule has 6 nitrogen and oxygen atoms in total. The van der Waals surface area contributed by atoms with E-state index >= 15 is 0 Å². The third-order valence-electron chi connectivity index (χ3n) is 4.38. The van der Waals surface area contributed by atoms with Gasteiger partial charge in [-0.25, -0.2) is 4.98 Å². The highest BCUT2D eigenvalue weighted by atomic mass is 32.2. The Labute approximate surface area is 155 Å². The number of benzene rings is 1. The van der Waals surface area contributed by atoms with E-state index in [1.807, 2.05) is 47.0 Å². The third kappa shape index (κ3) is 3.17. The summed E-state index contributed by atoms with van der Waals surface area (Å²) in [5, 5.41) is 3.72. The maximum atomic E-state index is 12.3. The van der Waals surface area contributed by atoms with Crippen LogP contribution in [0.2, 0.25) is 0 Å². The van der Waals surface area contributed by atoms with Gasteiger partial charge in [0, 0.05) is 31.0 Å². The van der Waals surface area contributed by atoms with Crippen molar-refractivity contribution in [3.8, 4) is 0 Å². The van der Waals surface area contributed by atoms with Crippen molar-refractivity contribution in [2.45, 2.75) is 18.5 Å². The summed E-state index contributed by atoms with van der Waals surface area (Å²) in [5.74, 6) is 0.248. The first-order chi connectivity index (χ1) is 12.6. The zero-order valence-corrected chi connectivity index (χ0v) is 15.1. The molecule has 0 saturated carbocycles. The van der Waals surface area contributed by atoms with E-state index in [0.717, 1.165) is 34.0 Å². The van der Waals surface area contributed by atoms with Gasteiger partial charge in [0.2, 0.25) is 11.8 Å². The van der Waals surface area contributed by atoms with E-state index < -0.39 is 0 Å². The van der Waals surface area contributed by atoms with E-state index in [1.165, 1.54) is 11.8 Å². The van der Waals surface area contributed by atoms with Crippen LogP contribution >= 0.6 is 11.8 Å². The van der Waals surface area contributed by atoms with Crippen molar-refractivity contribution in [3.63, 3.8) is 0 Å². The normalized spacial score (nSPS) is 13.0. The molecule has 2 aromatic heterocycles. The summed E-state index contributed by atoms with van der Waals surface area (Å²) >= 11 is 1.40. The molecular weight excluding hydrogens is 348 g/mol. The number of imidazole rings is 1. The van der Waals surface area contributed by atoms with Gasteiger partial charge in [0.05, 0.1) is 17.5 Å². The predicted molar refractivity (Wildman–Crippen MR) is 103 cm³/mol. The van der Waals surface area contributed by atoms with Crippen molar-refractivity contribution in [2.75, 3.05) is 22.5 Å². The molecule has 0 spiro atoms. The van der Waals surface area contributed by atoms with Crippen molar-refractivity contribution in [1.82, 2.24) is 9.38 Å². The minimum atomic E-state index is -0.0796. The second-order valence-corrected chi connectivity index (χ2v) is 7.08. The van der Waals surface area contributed by atoms with E-state index in [2.05, 4.69) is 10.3 Å². The topological polar surface area (TPSA) is 66.7 Å².